The highest BCUT2D eigenvalue weighted by Gasteiger charge is 2.22. The zero-order valence-corrected chi connectivity index (χ0v) is 17.8. The summed E-state index contributed by atoms with van der Waals surface area (Å²) in [6.45, 7) is 2.34. The molecule has 0 heterocycles. The van der Waals surface area contributed by atoms with Crippen LogP contribution < -0.4 is 24.3 Å². The third kappa shape index (κ3) is 5.56. The van der Waals surface area contributed by atoms with Gasteiger partial charge in [-0.25, -0.2) is 0 Å². The lowest BCUT2D eigenvalue weighted by Gasteiger charge is -2.20. The number of amides is 1. The number of nitrogens with one attached hydrogen (secondary N) is 1. The Bertz CT molecular complexity index is 882. The lowest BCUT2D eigenvalue weighted by Crippen LogP contribution is -2.30. The maximum absolute atomic E-state index is 12.9. The molecular weight excluding hydrogens is 390 g/mol. The molecule has 0 saturated carbocycles. The number of ether oxygens (including phenoxy) is 5. The molecule has 0 aliphatic heterocycles. The molecule has 8 heteroatoms. The summed E-state index contributed by atoms with van der Waals surface area (Å²) >= 11 is 0. The summed E-state index contributed by atoms with van der Waals surface area (Å²) in [6, 6.07) is 9.44. The van der Waals surface area contributed by atoms with Crippen molar-refractivity contribution in [2.24, 2.45) is 0 Å². The fraction of sp³-hybridized carbons (Fsp3) is 0.364. The molecule has 0 radical (unpaired) electrons. The molecular formula is C22H27NO7. The number of methoxy groups -OCH3 is 4. The molecule has 8 nitrogen and oxygen atoms in total. The van der Waals surface area contributed by atoms with Crippen molar-refractivity contribution in [2.75, 3.05) is 35.0 Å². The van der Waals surface area contributed by atoms with Gasteiger partial charge in [-0.1, -0.05) is 6.07 Å². The van der Waals surface area contributed by atoms with E-state index in [1.54, 1.807) is 36.4 Å². The van der Waals surface area contributed by atoms with Crippen LogP contribution in [0.4, 0.5) is 0 Å². The zero-order chi connectivity index (χ0) is 22.1. The highest BCUT2D eigenvalue weighted by Crippen LogP contribution is 2.32. The summed E-state index contributed by atoms with van der Waals surface area (Å²) in [6.07, 6.45) is -0.0497. The van der Waals surface area contributed by atoms with Crippen molar-refractivity contribution in [2.45, 2.75) is 19.4 Å². The molecule has 30 heavy (non-hydrogen) atoms. The van der Waals surface area contributed by atoms with Crippen LogP contribution in [0.3, 0.4) is 0 Å². The Hall–Kier alpha value is -3.42. The van der Waals surface area contributed by atoms with Crippen LogP contribution in [0.2, 0.25) is 0 Å². The first-order valence-electron chi connectivity index (χ1n) is 9.37. The van der Waals surface area contributed by atoms with Crippen LogP contribution in [0.1, 0.15) is 35.3 Å². The molecule has 1 unspecified atom stereocenters. The number of rotatable bonds is 10. The molecule has 1 amide bonds. The summed E-state index contributed by atoms with van der Waals surface area (Å²) in [7, 11) is 5.85. The average molecular weight is 417 g/mol. The Morgan fingerprint density at radius 3 is 2.10 bits per heavy atom. The second-order valence-electron chi connectivity index (χ2n) is 6.22. The van der Waals surface area contributed by atoms with Crippen molar-refractivity contribution in [3.05, 3.63) is 47.5 Å². The molecule has 1 N–H and O–H groups in total. The normalized spacial score (nSPS) is 11.2. The van der Waals surface area contributed by atoms with Crippen LogP contribution in [-0.2, 0) is 9.53 Å². The third-order valence-corrected chi connectivity index (χ3v) is 4.44. The Balaban J connectivity index is 2.32. The number of esters is 1. The molecule has 162 valence electrons. The smallest absolute Gasteiger partial charge is 0.307 e. The Kier molecular flexibility index (Phi) is 8.34. The second-order valence-corrected chi connectivity index (χ2v) is 6.22. The van der Waals surface area contributed by atoms with Gasteiger partial charge in [0.1, 0.15) is 0 Å². The number of carbonyl (C=O) groups is 2. The molecule has 0 aliphatic carbocycles. The van der Waals surface area contributed by atoms with Crippen molar-refractivity contribution in [1.29, 1.82) is 0 Å². The maximum Gasteiger partial charge on any atom is 0.307 e. The summed E-state index contributed by atoms with van der Waals surface area (Å²) < 4.78 is 26.2. The van der Waals surface area contributed by atoms with E-state index in [0.29, 0.717) is 40.7 Å². The fourth-order valence-corrected chi connectivity index (χ4v) is 2.90. The van der Waals surface area contributed by atoms with Gasteiger partial charge in [-0.15, -0.1) is 0 Å². The molecule has 1 atom stereocenters. The quantitative estimate of drug-likeness (QED) is 0.594. The number of benzene rings is 2. The third-order valence-electron chi connectivity index (χ3n) is 4.44. The molecule has 2 aromatic rings. The van der Waals surface area contributed by atoms with E-state index >= 15 is 0 Å². The summed E-state index contributed by atoms with van der Waals surface area (Å²) in [5, 5.41) is 2.87. The van der Waals surface area contributed by atoms with Gasteiger partial charge < -0.3 is 29.0 Å². The van der Waals surface area contributed by atoms with Gasteiger partial charge in [0.05, 0.1) is 47.5 Å². The van der Waals surface area contributed by atoms with Crippen LogP contribution in [0.15, 0.2) is 36.4 Å². The lowest BCUT2D eigenvalue weighted by molar-refractivity contribution is -0.141. The predicted octanol–water partition coefficient (Wildman–Crippen LogP) is 3.15. The first-order valence-corrected chi connectivity index (χ1v) is 9.37. The maximum atomic E-state index is 12.9. The SMILES string of the molecule is CCOc1ccc(C(=O)NC(CC(=O)OC)c2ccc(OC)c(OC)c2)cc1OC. The van der Waals surface area contributed by atoms with Crippen LogP contribution in [-0.4, -0.2) is 46.9 Å². The summed E-state index contributed by atoms with van der Waals surface area (Å²) in [5.41, 5.74) is 1.04. The van der Waals surface area contributed by atoms with Gasteiger partial charge >= 0.3 is 5.97 Å². The van der Waals surface area contributed by atoms with Crippen molar-refractivity contribution in [3.63, 3.8) is 0 Å². The highest BCUT2D eigenvalue weighted by atomic mass is 16.5. The topological polar surface area (TPSA) is 92.3 Å². The first-order chi connectivity index (χ1) is 14.5. The Morgan fingerprint density at radius 1 is 0.867 bits per heavy atom. The van der Waals surface area contributed by atoms with Crippen molar-refractivity contribution in [1.82, 2.24) is 5.32 Å². The van der Waals surface area contributed by atoms with Crippen LogP contribution in [0, 0.1) is 0 Å². The van der Waals surface area contributed by atoms with Gasteiger partial charge in [-0.2, -0.15) is 0 Å². The van der Waals surface area contributed by atoms with Crippen LogP contribution in [0.25, 0.3) is 0 Å². The highest BCUT2D eigenvalue weighted by molar-refractivity contribution is 5.95. The average Bonchev–Trinajstić information content (AvgIpc) is 2.78. The van der Waals surface area contributed by atoms with E-state index in [1.807, 2.05) is 6.92 Å². The van der Waals surface area contributed by atoms with E-state index < -0.39 is 12.0 Å². The van der Waals surface area contributed by atoms with Gasteiger partial charge in [0, 0.05) is 5.56 Å². The molecule has 0 saturated heterocycles. The standard InChI is InChI=1S/C22H27NO7/c1-6-30-18-10-8-15(12-20(18)28-4)22(25)23-16(13-21(24)29-5)14-7-9-17(26-2)19(11-14)27-3/h7-12,16H,6,13H2,1-5H3,(H,23,25). The minimum atomic E-state index is -0.637. The Morgan fingerprint density at radius 2 is 1.50 bits per heavy atom. The van der Waals surface area contributed by atoms with Gasteiger partial charge in [-0.05, 0) is 42.8 Å². The van der Waals surface area contributed by atoms with Gasteiger partial charge in [0.2, 0.25) is 0 Å². The van der Waals surface area contributed by atoms with Crippen LogP contribution >= 0.6 is 0 Å². The number of hydrogen-bond donors (Lipinski definition) is 1. The molecule has 0 spiro atoms. The molecule has 0 fully saturated rings. The van der Waals surface area contributed by atoms with E-state index in [1.165, 1.54) is 28.4 Å². The van der Waals surface area contributed by atoms with Crippen molar-refractivity contribution in [3.8, 4) is 23.0 Å². The summed E-state index contributed by atoms with van der Waals surface area (Å²) in [5.74, 6) is 1.18. The molecule has 0 bridgehead atoms. The van der Waals surface area contributed by atoms with E-state index in [2.05, 4.69) is 5.32 Å². The molecule has 0 aromatic heterocycles. The minimum absolute atomic E-state index is 0.0497. The number of carbonyl (C=O) groups excluding carboxylic acids is 2. The fourth-order valence-electron chi connectivity index (χ4n) is 2.90. The predicted molar refractivity (Wildman–Crippen MR) is 111 cm³/mol. The van der Waals surface area contributed by atoms with E-state index in [9.17, 15) is 9.59 Å². The molecule has 2 aromatic carbocycles. The first kappa shape index (κ1) is 22.9. The lowest BCUT2D eigenvalue weighted by atomic mass is 10.0. The zero-order valence-electron chi connectivity index (χ0n) is 17.8. The molecule has 0 aliphatic rings. The number of hydrogen-bond acceptors (Lipinski definition) is 7. The monoisotopic (exact) mass is 417 g/mol. The van der Waals surface area contributed by atoms with Crippen LogP contribution in [0.5, 0.6) is 23.0 Å². The van der Waals surface area contributed by atoms with Crippen molar-refractivity contribution >= 4 is 11.9 Å². The molecule has 2 rings (SSSR count). The second kappa shape index (κ2) is 10.9. The largest absolute Gasteiger partial charge is 0.493 e. The van der Waals surface area contributed by atoms with E-state index in [4.69, 9.17) is 23.7 Å². The van der Waals surface area contributed by atoms with Gasteiger partial charge in [-0.3, -0.25) is 9.59 Å². The summed E-state index contributed by atoms with van der Waals surface area (Å²) in [4.78, 5) is 24.8. The van der Waals surface area contributed by atoms with Crippen molar-refractivity contribution < 1.29 is 33.3 Å². The van der Waals surface area contributed by atoms with E-state index in [0.717, 1.165) is 0 Å². The van der Waals surface area contributed by atoms with Gasteiger partial charge in [0.25, 0.3) is 5.91 Å². The van der Waals surface area contributed by atoms with E-state index in [-0.39, 0.29) is 12.3 Å². The Labute approximate surface area is 176 Å². The minimum Gasteiger partial charge on any atom is -0.493 e. The van der Waals surface area contributed by atoms with Gasteiger partial charge in [0.15, 0.2) is 23.0 Å².